The maximum absolute atomic E-state index is 12.0. The number of likely N-dealkylation sites (tertiary alicyclic amines) is 1. The summed E-state index contributed by atoms with van der Waals surface area (Å²) in [6, 6.07) is 0. The number of nitrogens with one attached hydrogen (secondary N) is 2. The van der Waals surface area contributed by atoms with Crippen LogP contribution in [0.2, 0.25) is 0 Å². The van der Waals surface area contributed by atoms with Gasteiger partial charge in [0.05, 0.1) is 5.92 Å². The molecule has 1 rings (SSSR count). The molecular formula is C14H23N3O5. The second kappa shape index (κ2) is 9.01. The van der Waals surface area contributed by atoms with E-state index in [0.717, 1.165) is 0 Å². The Bertz CT molecular complexity index is 438. The van der Waals surface area contributed by atoms with Gasteiger partial charge in [0.2, 0.25) is 17.7 Å². The Labute approximate surface area is 129 Å². The van der Waals surface area contributed by atoms with Crippen LogP contribution < -0.4 is 10.6 Å². The summed E-state index contributed by atoms with van der Waals surface area (Å²) in [6.45, 7) is 2.83. The molecule has 0 unspecified atom stereocenters. The molecule has 0 spiro atoms. The molecule has 8 heteroatoms. The molecule has 1 fully saturated rings. The van der Waals surface area contributed by atoms with Crippen LogP contribution in [0.5, 0.6) is 0 Å². The van der Waals surface area contributed by atoms with Gasteiger partial charge in [0.15, 0.2) is 0 Å². The first kappa shape index (κ1) is 17.9. The fourth-order valence-electron chi connectivity index (χ4n) is 2.31. The fraction of sp³-hybridized carbons (Fsp3) is 0.714. The molecule has 3 amide bonds. The second-order valence-electron chi connectivity index (χ2n) is 5.35. The number of nitrogens with zero attached hydrogens (tertiary/aromatic N) is 1. The molecule has 0 bridgehead atoms. The highest BCUT2D eigenvalue weighted by atomic mass is 16.4. The largest absolute Gasteiger partial charge is 0.481 e. The van der Waals surface area contributed by atoms with Gasteiger partial charge in [-0.15, -0.1) is 0 Å². The lowest BCUT2D eigenvalue weighted by atomic mass is 9.98. The number of rotatable bonds is 7. The van der Waals surface area contributed by atoms with Crippen molar-refractivity contribution in [3.05, 3.63) is 0 Å². The summed E-state index contributed by atoms with van der Waals surface area (Å²) < 4.78 is 0. The van der Waals surface area contributed by atoms with Crippen LogP contribution in [0.1, 0.15) is 32.6 Å². The lowest BCUT2D eigenvalue weighted by Crippen LogP contribution is -2.42. The van der Waals surface area contributed by atoms with Gasteiger partial charge in [-0.3, -0.25) is 19.2 Å². The fourth-order valence-corrected chi connectivity index (χ4v) is 2.31. The third-order valence-electron chi connectivity index (χ3n) is 3.51. The summed E-state index contributed by atoms with van der Waals surface area (Å²) in [6.07, 6.45) is 1.39. The highest BCUT2D eigenvalue weighted by Crippen LogP contribution is 2.17. The smallest absolute Gasteiger partial charge is 0.308 e. The molecule has 1 heterocycles. The molecule has 0 radical (unpaired) electrons. The molecule has 0 aromatic rings. The number of piperidine rings is 1. The van der Waals surface area contributed by atoms with Gasteiger partial charge < -0.3 is 20.6 Å². The van der Waals surface area contributed by atoms with Gasteiger partial charge in [-0.2, -0.15) is 0 Å². The monoisotopic (exact) mass is 313 g/mol. The molecule has 8 nitrogen and oxygen atoms in total. The van der Waals surface area contributed by atoms with E-state index in [4.69, 9.17) is 5.11 Å². The molecule has 0 aliphatic carbocycles. The first-order chi connectivity index (χ1) is 10.4. The van der Waals surface area contributed by atoms with Crippen LogP contribution in [0.3, 0.4) is 0 Å². The Hall–Kier alpha value is -2.12. The number of carboxylic acid groups (broad SMARTS) is 1. The Balaban J connectivity index is 2.23. The van der Waals surface area contributed by atoms with Crippen molar-refractivity contribution in [2.75, 3.05) is 26.2 Å². The Morgan fingerprint density at radius 1 is 1.14 bits per heavy atom. The summed E-state index contributed by atoms with van der Waals surface area (Å²) in [5.41, 5.74) is 0. The van der Waals surface area contributed by atoms with Crippen LogP contribution >= 0.6 is 0 Å². The lowest BCUT2D eigenvalue weighted by Gasteiger charge is -2.30. The van der Waals surface area contributed by atoms with Crippen molar-refractivity contribution in [3.8, 4) is 0 Å². The Morgan fingerprint density at radius 3 is 2.45 bits per heavy atom. The zero-order valence-corrected chi connectivity index (χ0v) is 12.8. The number of amides is 3. The van der Waals surface area contributed by atoms with Crippen LogP contribution in [0, 0.1) is 5.92 Å². The minimum Gasteiger partial charge on any atom is -0.481 e. The van der Waals surface area contributed by atoms with E-state index in [1.165, 1.54) is 11.8 Å². The molecule has 124 valence electrons. The van der Waals surface area contributed by atoms with E-state index in [2.05, 4.69) is 10.6 Å². The zero-order valence-electron chi connectivity index (χ0n) is 12.8. The number of carbonyl (C=O) groups is 4. The van der Waals surface area contributed by atoms with E-state index >= 15 is 0 Å². The van der Waals surface area contributed by atoms with Gasteiger partial charge in [0, 0.05) is 45.9 Å². The van der Waals surface area contributed by atoms with Crippen molar-refractivity contribution in [3.63, 3.8) is 0 Å². The van der Waals surface area contributed by atoms with Crippen LogP contribution in [0.25, 0.3) is 0 Å². The maximum Gasteiger partial charge on any atom is 0.308 e. The number of hydrogen-bond donors (Lipinski definition) is 3. The first-order valence-corrected chi connectivity index (χ1v) is 7.42. The van der Waals surface area contributed by atoms with Gasteiger partial charge in [0.25, 0.3) is 0 Å². The molecule has 3 N–H and O–H groups in total. The predicted octanol–water partition coefficient (Wildman–Crippen LogP) is -0.658. The molecule has 0 aromatic heterocycles. The molecule has 1 saturated heterocycles. The Morgan fingerprint density at radius 2 is 1.82 bits per heavy atom. The van der Waals surface area contributed by atoms with Crippen molar-refractivity contribution in [1.82, 2.24) is 15.5 Å². The van der Waals surface area contributed by atoms with Crippen LogP contribution in [0.4, 0.5) is 0 Å². The minimum atomic E-state index is -0.881. The van der Waals surface area contributed by atoms with Crippen molar-refractivity contribution >= 4 is 23.7 Å². The number of carbonyl (C=O) groups excluding carboxylic acids is 3. The second-order valence-corrected chi connectivity index (χ2v) is 5.35. The quantitative estimate of drug-likeness (QED) is 0.540. The summed E-state index contributed by atoms with van der Waals surface area (Å²) in [4.78, 5) is 46.7. The van der Waals surface area contributed by atoms with Crippen molar-refractivity contribution in [1.29, 1.82) is 0 Å². The Kier molecular flexibility index (Phi) is 7.34. The topological polar surface area (TPSA) is 116 Å². The number of aliphatic carboxylic acids is 1. The normalized spacial score (nSPS) is 17.7. The van der Waals surface area contributed by atoms with E-state index in [1.807, 2.05) is 0 Å². The number of carboxylic acids is 1. The summed E-state index contributed by atoms with van der Waals surface area (Å²) in [5.74, 6) is -2.01. The zero-order chi connectivity index (χ0) is 16.5. The maximum atomic E-state index is 12.0. The predicted molar refractivity (Wildman–Crippen MR) is 77.9 cm³/mol. The van der Waals surface area contributed by atoms with Gasteiger partial charge in [-0.05, 0) is 12.8 Å². The number of hydrogen-bond acceptors (Lipinski definition) is 4. The molecule has 22 heavy (non-hydrogen) atoms. The molecule has 1 aliphatic rings. The summed E-state index contributed by atoms with van der Waals surface area (Å²) in [7, 11) is 0. The average Bonchev–Trinajstić information content (AvgIpc) is 2.49. The van der Waals surface area contributed by atoms with Crippen molar-refractivity contribution in [2.45, 2.75) is 32.6 Å². The van der Waals surface area contributed by atoms with E-state index < -0.39 is 11.9 Å². The van der Waals surface area contributed by atoms with Gasteiger partial charge in [-0.1, -0.05) is 0 Å². The molecular weight excluding hydrogens is 290 g/mol. The van der Waals surface area contributed by atoms with E-state index in [1.54, 1.807) is 0 Å². The van der Waals surface area contributed by atoms with E-state index in [0.29, 0.717) is 32.5 Å². The molecule has 1 atom stereocenters. The highest BCUT2D eigenvalue weighted by Gasteiger charge is 2.27. The summed E-state index contributed by atoms with van der Waals surface area (Å²) >= 11 is 0. The van der Waals surface area contributed by atoms with Gasteiger partial charge in [-0.25, -0.2) is 0 Å². The highest BCUT2D eigenvalue weighted by molar-refractivity contribution is 5.84. The molecule has 0 saturated carbocycles. The van der Waals surface area contributed by atoms with Crippen LogP contribution in [-0.4, -0.2) is 59.9 Å². The van der Waals surface area contributed by atoms with E-state index in [9.17, 15) is 19.2 Å². The third-order valence-corrected chi connectivity index (χ3v) is 3.51. The lowest BCUT2D eigenvalue weighted by molar-refractivity contribution is -0.146. The molecule has 0 aromatic carbocycles. The first-order valence-electron chi connectivity index (χ1n) is 7.42. The summed E-state index contributed by atoms with van der Waals surface area (Å²) in [5, 5.41) is 14.1. The van der Waals surface area contributed by atoms with Gasteiger partial charge >= 0.3 is 5.97 Å². The third kappa shape index (κ3) is 6.55. The molecule has 1 aliphatic heterocycles. The SMILES string of the molecule is CC(=O)NCCNC(=O)CCC(=O)N1CCC[C@H](C(=O)O)C1. The van der Waals surface area contributed by atoms with Crippen LogP contribution in [-0.2, 0) is 19.2 Å². The average molecular weight is 313 g/mol. The van der Waals surface area contributed by atoms with Crippen molar-refractivity contribution in [2.24, 2.45) is 5.92 Å². The standard InChI is InChI=1S/C14H23N3O5/c1-10(18)15-6-7-16-12(19)4-5-13(20)17-8-2-3-11(9-17)14(21)22/h11H,2-9H2,1H3,(H,15,18)(H,16,19)(H,21,22)/t11-/m0/s1. The van der Waals surface area contributed by atoms with Gasteiger partial charge in [0.1, 0.15) is 0 Å². The minimum absolute atomic E-state index is 0.0626. The van der Waals surface area contributed by atoms with Crippen LogP contribution in [0.15, 0.2) is 0 Å². The van der Waals surface area contributed by atoms with E-state index in [-0.39, 0.29) is 37.1 Å². The van der Waals surface area contributed by atoms with Crippen molar-refractivity contribution < 1.29 is 24.3 Å².